The summed E-state index contributed by atoms with van der Waals surface area (Å²) in [7, 11) is 0. The SMILES string of the molecule is O=C1CC(C(=O)N2C[C@H]3CNC[C@H]3C2)c2ccc(F)cc2N1. The van der Waals surface area contributed by atoms with E-state index in [0.717, 1.165) is 31.7 Å². The van der Waals surface area contributed by atoms with Gasteiger partial charge in [-0.05, 0) is 29.5 Å². The Kier molecular flexibility index (Phi) is 3.14. The second-order valence-corrected chi connectivity index (χ2v) is 6.46. The maximum Gasteiger partial charge on any atom is 0.230 e. The molecule has 2 saturated heterocycles. The van der Waals surface area contributed by atoms with Gasteiger partial charge in [-0.25, -0.2) is 4.39 Å². The van der Waals surface area contributed by atoms with Gasteiger partial charge in [-0.2, -0.15) is 0 Å². The first-order chi connectivity index (χ1) is 10.6. The molecule has 0 bridgehead atoms. The van der Waals surface area contributed by atoms with Crippen LogP contribution in [0.5, 0.6) is 0 Å². The summed E-state index contributed by atoms with van der Waals surface area (Å²) in [5.74, 6) is -0.0807. The predicted octanol–water partition coefficient (Wildman–Crippen LogP) is 0.929. The number of carbonyl (C=O) groups excluding carboxylic acids is 2. The summed E-state index contributed by atoms with van der Waals surface area (Å²) >= 11 is 0. The van der Waals surface area contributed by atoms with Crippen molar-refractivity contribution in [2.75, 3.05) is 31.5 Å². The van der Waals surface area contributed by atoms with Crippen molar-refractivity contribution in [2.24, 2.45) is 11.8 Å². The fraction of sp³-hybridized carbons (Fsp3) is 0.500. The lowest BCUT2D eigenvalue weighted by Gasteiger charge is -2.29. The van der Waals surface area contributed by atoms with Crippen LogP contribution in [0.2, 0.25) is 0 Å². The smallest absolute Gasteiger partial charge is 0.230 e. The lowest BCUT2D eigenvalue weighted by atomic mass is 9.89. The third-order valence-electron chi connectivity index (χ3n) is 5.05. The minimum Gasteiger partial charge on any atom is -0.341 e. The number of halogens is 1. The van der Waals surface area contributed by atoms with Gasteiger partial charge in [-0.3, -0.25) is 9.59 Å². The minimum atomic E-state index is -0.490. The molecule has 0 radical (unpaired) electrons. The highest BCUT2D eigenvalue weighted by molar-refractivity contribution is 6.01. The number of hydrogen-bond acceptors (Lipinski definition) is 3. The predicted molar refractivity (Wildman–Crippen MR) is 78.8 cm³/mol. The Hall–Kier alpha value is -1.95. The normalized spacial score (nSPS) is 30.0. The molecule has 3 heterocycles. The number of nitrogens with one attached hydrogen (secondary N) is 2. The van der Waals surface area contributed by atoms with Gasteiger partial charge in [0.05, 0.1) is 5.92 Å². The topological polar surface area (TPSA) is 61.4 Å². The molecule has 5 nitrogen and oxygen atoms in total. The first kappa shape index (κ1) is 13.7. The van der Waals surface area contributed by atoms with Crippen LogP contribution in [-0.2, 0) is 9.59 Å². The van der Waals surface area contributed by atoms with Crippen molar-refractivity contribution in [3.63, 3.8) is 0 Å². The van der Waals surface area contributed by atoms with Crippen LogP contribution < -0.4 is 10.6 Å². The molecule has 6 heteroatoms. The van der Waals surface area contributed by atoms with Crippen LogP contribution in [0.25, 0.3) is 0 Å². The molecule has 0 aliphatic carbocycles. The average Bonchev–Trinajstić information content (AvgIpc) is 3.06. The lowest BCUT2D eigenvalue weighted by Crippen LogP contribution is -2.38. The van der Waals surface area contributed by atoms with Crippen LogP contribution in [0.15, 0.2) is 18.2 Å². The lowest BCUT2D eigenvalue weighted by molar-refractivity contribution is -0.134. The zero-order valence-corrected chi connectivity index (χ0v) is 12.1. The van der Waals surface area contributed by atoms with E-state index in [4.69, 9.17) is 0 Å². The summed E-state index contributed by atoms with van der Waals surface area (Å²) in [4.78, 5) is 26.6. The molecule has 4 rings (SSSR count). The Balaban J connectivity index is 1.60. The summed E-state index contributed by atoms with van der Waals surface area (Å²) in [6.45, 7) is 3.43. The molecule has 2 amide bonds. The summed E-state index contributed by atoms with van der Waals surface area (Å²) < 4.78 is 13.4. The van der Waals surface area contributed by atoms with Crippen molar-refractivity contribution in [1.82, 2.24) is 10.2 Å². The molecule has 0 aromatic heterocycles. The van der Waals surface area contributed by atoms with E-state index >= 15 is 0 Å². The van der Waals surface area contributed by atoms with Crippen LogP contribution in [0.1, 0.15) is 17.9 Å². The van der Waals surface area contributed by atoms with E-state index in [-0.39, 0.29) is 18.2 Å². The largest absolute Gasteiger partial charge is 0.341 e. The molecule has 2 N–H and O–H groups in total. The summed E-state index contributed by atoms with van der Waals surface area (Å²) in [5.41, 5.74) is 1.15. The van der Waals surface area contributed by atoms with E-state index in [9.17, 15) is 14.0 Å². The van der Waals surface area contributed by atoms with Crippen LogP contribution in [0, 0.1) is 17.7 Å². The van der Waals surface area contributed by atoms with Crippen molar-refractivity contribution >= 4 is 17.5 Å². The zero-order valence-electron chi connectivity index (χ0n) is 12.1. The standard InChI is InChI=1S/C16H18FN3O2/c17-11-1-2-12-13(4-15(21)19-14(12)3-11)16(22)20-7-9-5-18-6-10(9)8-20/h1-3,9-10,13,18H,4-8H2,(H,19,21)/t9-,10+,13?. The van der Waals surface area contributed by atoms with Crippen LogP contribution in [0.3, 0.4) is 0 Å². The summed E-state index contributed by atoms with van der Waals surface area (Å²) in [5, 5.41) is 6.00. The monoisotopic (exact) mass is 303 g/mol. The number of benzene rings is 1. The molecular weight excluding hydrogens is 285 g/mol. The molecule has 2 fully saturated rings. The maximum absolute atomic E-state index is 13.4. The second kappa shape index (κ2) is 5.05. The van der Waals surface area contributed by atoms with Crippen molar-refractivity contribution in [3.8, 4) is 0 Å². The summed E-state index contributed by atoms with van der Waals surface area (Å²) in [6, 6.07) is 4.25. The first-order valence-corrected chi connectivity index (χ1v) is 7.70. The van der Waals surface area contributed by atoms with Gasteiger partial charge in [-0.15, -0.1) is 0 Å². The molecule has 116 valence electrons. The number of rotatable bonds is 1. The van der Waals surface area contributed by atoms with E-state index < -0.39 is 11.7 Å². The van der Waals surface area contributed by atoms with E-state index in [2.05, 4.69) is 10.6 Å². The molecule has 3 aliphatic rings. The van der Waals surface area contributed by atoms with Crippen molar-refractivity contribution in [1.29, 1.82) is 0 Å². The second-order valence-electron chi connectivity index (χ2n) is 6.46. The van der Waals surface area contributed by atoms with Gasteiger partial charge < -0.3 is 15.5 Å². The number of nitrogens with zero attached hydrogens (tertiary/aromatic N) is 1. The van der Waals surface area contributed by atoms with E-state index in [1.807, 2.05) is 4.90 Å². The van der Waals surface area contributed by atoms with E-state index in [0.29, 0.717) is 17.5 Å². The van der Waals surface area contributed by atoms with Gasteiger partial charge in [0.25, 0.3) is 0 Å². The van der Waals surface area contributed by atoms with Gasteiger partial charge >= 0.3 is 0 Å². The third-order valence-corrected chi connectivity index (χ3v) is 5.05. The van der Waals surface area contributed by atoms with Gasteiger partial charge in [0.15, 0.2) is 0 Å². The highest BCUT2D eigenvalue weighted by Crippen LogP contribution is 2.36. The highest BCUT2D eigenvalue weighted by Gasteiger charge is 2.41. The van der Waals surface area contributed by atoms with E-state index in [1.165, 1.54) is 12.1 Å². The average molecular weight is 303 g/mol. The minimum absolute atomic E-state index is 0.00268. The van der Waals surface area contributed by atoms with Gasteiger partial charge in [0.1, 0.15) is 5.82 Å². The van der Waals surface area contributed by atoms with Gasteiger partial charge in [-0.1, -0.05) is 6.07 Å². The third kappa shape index (κ3) is 2.18. The summed E-state index contributed by atoms with van der Waals surface area (Å²) in [6.07, 6.45) is 0.140. The number of anilines is 1. The highest BCUT2D eigenvalue weighted by atomic mass is 19.1. The van der Waals surface area contributed by atoms with Crippen LogP contribution in [-0.4, -0.2) is 42.9 Å². The molecule has 22 heavy (non-hydrogen) atoms. The van der Waals surface area contributed by atoms with E-state index in [1.54, 1.807) is 6.07 Å². The number of fused-ring (bicyclic) bond motifs is 2. The molecule has 3 atom stereocenters. The molecular formula is C16H18FN3O2. The Bertz CT molecular complexity index is 636. The number of amides is 2. The van der Waals surface area contributed by atoms with Crippen LogP contribution >= 0.6 is 0 Å². The number of likely N-dealkylation sites (tertiary alicyclic amines) is 1. The zero-order chi connectivity index (χ0) is 15.3. The Labute approximate surface area is 127 Å². The molecule has 1 aromatic rings. The van der Waals surface area contributed by atoms with Crippen LogP contribution in [0.4, 0.5) is 10.1 Å². The first-order valence-electron chi connectivity index (χ1n) is 7.70. The van der Waals surface area contributed by atoms with Gasteiger partial charge in [0, 0.05) is 38.3 Å². The number of carbonyl (C=O) groups is 2. The van der Waals surface area contributed by atoms with Crippen molar-refractivity contribution in [3.05, 3.63) is 29.6 Å². The molecule has 0 saturated carbocycles. The Morgan fingerprint density at radius 3 is 2.68 bits per heavy atom. The molecule has 3 aliphatic heterocycles. The molecule has 0 spiro atoms. The van der Waals surface area contributed by atoms with Gasteiger partial charge in [0.2, 0.25) is 11.8 Å². The fourth-order valence-electron chi connectivity index (χ4n) is 3.91. The number of hydrogen-bond donors (Lipinski definition) is 2. The van der Waals surface area contributed by atoms with Crippen molar-refractivity contribution < 1.29 is 14.0 Å². The quantitative estimate of drug-likeness (QED) is 0.811. The molecule has 1 unspecified atom stereocenters. The fourth-order valence-corrected chi connectivity index (χ4v) is 3.91. The van der Waals surface area contributed by atoms with Crippen molar-refractivity contribution in [2.45, 2.75) is 12.3 Å². The Morgan fingerprint density at radius 2 is 1.95 bits per heavy atom. The maximum atomic E-state index is 13.4. The Morgan fingerprint density at radius 1 is 1.23 bits per heavy atom. The molecule has 1 aromatic carbocycles.